The number of hydrogen-bond donors (Lipinski definition) is 0. The highest BCUT2D eigenvalue weighted by atomic mass is 19.3. The topological polar surface area (TPSA) is 9.23 Å². The van der Waals surface area contributed by atoms with Crippen LogP contribution in [0, 0.1) is 11.6 Å². The Balaban J connectivity index is 1.65. The monoisotopic (exact) mass is 436 g/mol. The van der Waals surface area contributed by atoms with E-state index >= 15 is 4.39 Å². The van der Waals surface area contributed by atoms with Crippen LogP contribution in [0.15, 0.2) is 85.5 Å². The van der Waals surface area contributed by atoms with Gasteiger partial charge in [-0.25, -0.2) is 8.78 Å². The molecule has 0 saturated carbocycles. The Morgan fingerprint density at radius 1 is 0.812 bits per heavy atom. The van der Waals surface area contributed by atoms with E-state index in [2.05, 4.69) is 23.4 Å². The fraction of sp³-hybridized carbons (Fsp3) is 0.111. The molecule has 0 aromatic heterocycles. The molecule has 4 aromatic carbocycles. The minimum Gasteiger partial charge on any atom is -0.432 e. The standard InChI is InChI=1S/C27H20F4O/c1-2-3-4-17-5-7-18(8-6-17)19-9-12-22-20(15-19)10-13-23(26(22)29)21-11-14-25(24(28)16-21)32-27(30)31/h2,5-16,27H,1,3-4H2. The van der Waals surface area contributed by atoms with Crippen LogP contribution in [0.3, 0.4) is 0 Å². The fourth-order valence-electron chi connectivity index (χ4n) is 3.69. The molecule has 5 heteroatoms. The van der Waals surface area contributed by atoms with E-state index in [0.717, 1.165) is 36.1 Å². The lowest BCUT2D eigenvalue weighted by molar-refractivity contribution is -0.0521. The van der Waals surface area contributed by atoms with Crippen molar-refractivity contribution in [3.63, 3.8) is 0 Å². The Bertz CT molecular complexity index is 1260. The van der Waals surface area contributed by atoms with Gasteiger partial charge in [0.15, 0.2) is 11.6 Å². The van der Waals surface area contributed by atoms with Crippen LogP contribution >= 0.6 is 0 Å². The second-order valence-electron chi connectivity index (χ2n) is 7.41. The molecule has 0 atom stereocenters. The van der Waals surface area contributed by atoms with Crippen LogP contribution in [-0.4, -0.2) is 6.61 Å². The van der Waals surface area contributed by atoms with Crippen molar-refractivity contribution in [3.05, 3.63) is 103 Å². The Morgan fingerprint density at radius 3 is 2.22 bits per heavy atom. The molecular formula is C27H20F4O. The van der Waals surface area contributed by atoms with Crippen molar-refractivity contribution in [2.75, 3.05) is 0 Å². The van der Waals surface area contributed by atoms with Crippen molar-refractivity contribution in [2.24, 2.45) is 0 Å². The second-order valence-corrected chi connectivity index (χ2v) is 7.41. The first-order chi connectivity index (χ1) is 15.5. The highest BCUT2D eigenvalue weighted by molar-refractivity contribution is 5.91. The van der Waals surface area contributed by atoms with Crippen LogP contribution in [0.2, 0.25) is 0 Å². The van der Waals surface area contributed by atoms with Gasteiger partial charge in [0.25, 0.3) is 0 Å². The summed E-state index contributed by atoms with van der Waals surface area (Å²) in [5.74, 6) is -2.06. The molecule has 4 rings (SSSR count). The third-order valence-corrected chi connectivity index (χ3v) is 5.34. The van der Waals surface area contributed by atoms with Crippen molar-refractivity contribution in [2.45, 2.75) is 19.5 Å². The average molecular weight is 436 g/mol. The first-order valence-electron chi connectivity index (χ1n) is 10.1. The lowest BCUT2D eigenvalue weighted by Crippen LogP contribution is -2.03. The molecular weight excluding hydrogens is 416 g/mol. The Kier molecular flexibility index (Phi) is 6.26. The predicted octanol–water partition coefficient (Wildman–Crippen LogP) is 8.17. The summed E-state index contributed by atoms with van der Waals surface area (Å²) in [5.41, 5.74) is 3.62. The zero-order valence-corrected chi connectivity index (χ0v) is 17.1. The number of rotatable bonds is 7. The number of halogens is 4. The fourth-order valence-corrected chi connectivity index (χ4v) is 3.69. The predicted molar refractivity (Wildman–Crippen MR) is 120 cm³/mol. The SMILES string of the molecule is C=CCCc1ccc(-c2ccc3c(F)c(-c4ccc(OC(F)F)c(F)c4)ccc3c2)cc1. The zero-order valence-electron chi connectivity index (χ0n) is 17.1. The molecule has 0 fully saturated rings. The van der Waals surface area contributed by atoms with Crippen LogP contribution < -0.4 is 4.74 Å². The van der Waals surface area contributed by atoms with Crippen molar-refractivity contribution in [3.8, 4) is 28.0 Å². The van der Waals surface area contributed by atoms with Gasteiger partial charge in [0.1, 0.15) is 5.82 Å². The number of alkyl halides is 2. The van der Waals surface area contributed by atoms with E-state index in [9.17, 15) is 13.2 Å². The van der Waals surface area contributed by atoms with E-state index in [4.69, 9.17) is 0 Å². The molecule has 0 spiro atoms. The summed E-state index contributed by atoms with van der Waals surface area (Å²) in [6.07, 6.45) is 3.74. The van der Waals surface area contributed by atoms with Gasteiger partial charge in [0.2, 0.25) is 0 Å². The van der Waals surface area contributed by atoms with Crippen molar-refractivity contribution < 1.29 is 22.3 Å². The van der Waals surface area contributed by atoms with Gasteiger partial charge in [-0.1, -0.05) is 60.7 Å². The maximum absolute atomic E-state index is 15.2. The van der Waals surface area contributed by atoms with E-state index in [1.165, 1.54) is 11.6 Å². The van der Waals surface area contributed by atoms with Crippen LogP contribution in [0.25, 0.3) is 33.0 Å². The third-order valence-electron chi connectivity index (χ3n) is 5.34. The van der Waals surface area contributed by atoms with Gasteiger partial charge in [-0.05, 0) is 58.7 Å². The van der Waals surface area contributed by atoms with Crippen molar-refractivity contribution in [1.29, 1.82) is 0 Å². The molecule has 0 unspecified atom stereocenters. The van der Waals surface area contributed by atoms with Crippen LogP contribution in [0.4, 0.5) is 17.6 Å². The van der Waals surface area contributed by atoms with E-state index in [1.807, 2.05) is 30.3 Å². The average Bonchev–Trinajstić information content (AvgIpc) is 2.79. The molecule has 0 saturated heterocycles. The minimum atomic E-state index is -3.13. The Morgan fingerprint density at radius 2 is 1.53 bits per heavy atom. The molecule has 0 N–H and O–H groups in total. The quantitative estimate of drug-likeness (QED) is 0.210. The van der Waals surface area contributed by atoms with Crippen molar-refractivity contribution in [1.82, 2.24) is 0 Å². The molecule has 1 nitrogen and oxygen atoms in total. The van der Waals surface area contributed by atoms with E-state index in [1.54, 1.807) is 18.2 Å². The highest BCUT2D eigenvalue weighted by Gasteiger charge is 2.15. The summed E-state index contributed by atoms with van der Waals surface area (Å²) in [6, 6.07) is 20.4. The largest absolute Gasteiger partial charge is 0.432 e. The molecule has 4 aromatic rings. The summed E-state index contributed by atoms with van der Waals surface area (Å²) in [6.45, 7) is 0.605. The van der Waals surface area contributed by atoms with Gasteiger partial charge in [-0.3, -0.25) is 0 Å². The second kappa shape index (κ2) is 9.27. The summed E-state index contributed by atoms with van der Waals surface area (Å²) >= 11 is 0. The van der Waals surface area contributed by atoms with Crippen molar-refractivity contribution >= 4 is 10.8 Å². The smallest absolute Gasteiger partial charge is 0.387 e. The number of aryl methyl sites for hydroxylation is 1. The number of fused-ring (bicyclic) bond motifs is 1. The zero-order chi connectivity index (χ0) is 22.7. The maximum atomic E-state index is 15.2. The summed E-state index contributed by atoms with van der Waals surface area (Å²) < 4.78 is 58.1. The number of ether oxygens (including phenoxy) is 1. The van der Waals surface area contributed by atoms with Gasteiger partial charge in [0.05, 0.1) is 0 Å². The van der Waals surface area contributed by atoms with Gasteiger partial charge in [-0.2, -0.15) is 8.78 Å². The molecule has 0 aliphatic rings. The molecule has 162 valence electrons. The Labute approximate surface area is 183 Å². The minimum absolute atomic E-state index is 0.180. The van der Waals surface area contributed by atoms with Crippen LogP contribution in [0.5, 0.6) is 5.75 Å². The summed E-state index contributed by atoms with van der Waals surface area (Å²) in [7, 11) is 0. The van der Waals surface area contributed by atoms with E-state index in [-0.39, 0.29) is 11.1 Å². The first kappa shape index (κ1) is 21.6. The third kappa shape index (κ3) is 4.52. The normalized spacial score (nSPS) is 11.2. The number of allylic oxidation sites excluding steroid dienone is 1. The van der Waals surface area contributed by atoms with Crippen LogP contribution in [0.1, 0.15) is 12.0 Å². The molecule has 0 amide bonds. The maximum Gasteiger partial charge on any atom is 0.387 e. The Hall–Kier alpha value is -3.60. The number of benzene rings is 4. The summed E-state index contributed by atoms with van der Waals surface area (Å²) in [4.78, 5) is 0. The molecule has 0 aliphatic heterocycles. The summed E-state index contributed by atoms with van der Waals surface area (Å²) in [5, 5.41) is 1.10. The highest BCUT2D eigenvalue weighted by Crippen LogP contribution is 2.33. The van der Waals surface area contributed by atoms with Gasteiger partial charge in [-0.15, -0.1) is 6.58 Å². The van der Waals surface area contributed by atoms with E-state index < -0.39 is 24.0 Å². The lowest BCUT2D eigenvalue weighted by atomic mass is 9.96. The van der Waals surface area contributed by atoms with E-state index in [0.29, 0.717) is 10.8 Å². The van der Waals surface area contributed by atoms with Gasteiger partial charge < -0.3 is 4.74 Å². The van der Waals surface area contributed by atoms with Gasteiger partial charge in [0, 0.05) is 10.9 Å². The van der Waals surface area contributed by atoms with Gasteiger partial charge >= 0.3 is 6.61 Å². The number of hydrogen-bond acceptors (Lipinski definition) is 1. The molecule has 0 bridgehead atoms. The lowest BCUT2D eigenvalue weighted by Gasteiger charge is -2.11. The molecule has 0 heterocycles. The molecule has 0 radical (unpaired) electrons. The first-order valence-corrected chi connectivity index (χ1v) is 10.1. The molecule has 0 aliphatic carbocycles. The van der Waals surface area contributed by atoms with Crippen LogP contribution in [-0.2, 0) is 6.42 Å². The molecule has 32 heavy (non-hydrogen) atoms.